The maximum Gasteiger partial charge on any atom is 0.258 e. The van der Waals surface area contributed by atoms with E-state index in [1.165, 1.54) is 10.7 Å². The Balaban J connectivity index is 1.54. The lowest BCUT2D eigenvalue weighted by atomic mass is 10.0. The highest BCUT2D eigenvalue weighted by molar-refractivity contribution is 6.31. The molecule has 3 aromatic carbocycles. The van der Waals surface area contributed by atoms with Crippen LogP contribution in [0.1, 0.15) is 27.5 Å². The van der Waals surface area contributed by atoms with E-state index in [2.05, 4.69) is 20.7 Å². The minimum atomic E-state index is -0.682. The van der Waals surface area contributed by atoms with Crippen LogP contribution in [-0.4, -0.2) is 20.7 Å². The van der Waals surface area contributed by atoms with Crippen LogP contribution in [-0.2, 0) is 0 Å². The SMILES string of the molecule is O=C(Nc1nc2n(n1)[C@@H](c1c(F)cccc1Cl)C=C(c1ccccc1)N2)c1ccc(Cl)cc1. The molecule has 0 unspecified atom stereocenters. The number of amides is 1. The summed E-state index contributed by atoms with van der Waals surface area (Å²) >= 11 is 12.3. The Morgan fingerprint density at radius 3 is 2.48 bits per heavy atom. The van der Waals surface area contributed by atoms with E-state index in [1.54, 1.807) is 36.4 Å². The molecule has 164 valence electrons. The van der Waals surface area contributed by atoms with Gasteiger partial charge in [-0.05, 0) is 48.0 Å². The fraction of sp³-hybridized carbons (Fsp3) is 0.0417. The van der Waals surface area contributed by atoms with Crippen molar-refractivity contribution in [1.82, 2.24) is 14.8 Å². The number of carbonyl (C=O) groups excluding carboxylic acids is 1. The van der Waals surface area contributed by atoms with Gasteiger partial charge in [0.15, 0.2) is 0 Å². The van der Waals surface area contributed by atoms with Crippen molar-refractivity contribution < 1.29 is 9.18 Å². The van der Waals surface area contributed by atoms with Gasteiger partial charge in [0.2, 0.25) is 5.95 Å². The highest BCUT2D eigenvalue weighted by Crippen LogP contribution is 2.37. The number of fused-ring (bicyclic) bond motifs is 1. The third-order valence-corrected chi connectivity index (χ3v) is 5.76. The normalized spacial score (nSPS) is 14.8. The molecule has 1 amide bonds. The maximum atomic E-state index is 14.9. The fourth-order valence-corrected chi connectivity index (χ4v) is 4.01. The van der Waals surface area contributed by atoms with Gasteiger partial charge >= 0.3 is 0 Å². The molecule has 0 saturated carbocycles. The summed E-state index contributed by atoms with van der Waals surface area (Å²) < 4.78 is 16.3. The Morgan fingerprint density at radius 1 is 1.00 bits per heavy atom. The van der Waals surface area contributed by atoms with Crippen LogP contribution in [0.2, 0.25) is 10.0 Å². The average molecular weight is 480 g/mol. The van der Waals surface area contributed by atoms with Crippen LogP contribution in [0.4, 0.5) is 16.3 Å². The lowest BCUT2D eigenvalue weighted by Crippen LogP contribution is -2.21. The van der Waals surface area contributed by atoms with Crippen LogP contribution in [0, 0.1) is 5.82 Å². The highest BCUT2D eigenvalue weighted by atomic mass is 35.5. The zero-order valence-corrected chi connectivity index (χ0v) is 18.5. The van der Waals surface area contributed by atoms with Gasteiger partial charge in [0.25, 0.3) is 11.9 Å². The number of carbonyl (C=O) groups is 1. The van der Waals surface area contributed by atoms with Gasteiger partial charge in [-0.3, -0.25) is 10.1 Å². The quantitative estimate of drug-likeness (QED) is 0.374. The molecule has 2 heterocycles. The van der Waals surface area contributed by atoms with Crippen molar-refractivity contribution in [2.45, 2.75) is 6.04 Å². The monoisotopic (exact) mass is 479 g/mol. The molecule has 1 aromatic heterocycles. The second-order valence-corrected chi connectivity index (χ2v) is 8.16. The van der Waals surface area contributed by atoms with Gasteiger partial charge in [0.1, 0.15) is 11.9 Å². The summed E-state index contributed by atoms with van der Waals surface area (Å²) in [4.78, 5) is 17.0. The molecule has 9 heteroatoms. The summed E-state index contributed by atoms with van der Waals surface area (Å²) in [7, 11) is 0. The van der Waals surface area contributed by atoms with Crippen LogP contribution in [0.15, 0.2) is 78.9 Å². The Morgan fingerprint density at radius 2 is 1.76 bits per heavy atom. The predicted molar refractivity (Wildman–Crippen MR) is 127 cm³/mol. The molecular formula is C24H16Cl2FN5O. The molecule has 4 aromatic rings. The summed E-state index contributed by atoms with van der Waals surface area (Å²) in [5, 5.41) is 11.1. The number of hydrogen-bond donors (Lipinski definition) is 2. The van der Waals surface area contributed by atoms with E-state index in [9.17, 15) is 9.18 Å². The number of halogens is 3. The first-order valence-electron chi connectivity index (χ1n) is 10.0. The van der Waals surface area contributed by atoms with Gasteiger partial charge in [-0.1, -0.05) is 59.6 Å². The van der Waals surface area contributed by atoms with Crippen LogP contribution < -0.4 is 10.6 Å². The first-order chi connectivity index (χ1) is 16.0. The van der Waals surface area contributed by atoms with Crippen molar-refractivity contribution in [3.8, 4) is 0 Å². The Bertz CT molecular complexity index is 1350. The van der Waals surface area contributed by atoms with E-state index in [-0.39, 0.29) is 16.5 Å². The molecule has 0 fully saturated rings. The number of rotatable bonds is 4. The third kappa shape index (κ3) is 4.20. The molecule has 1 atom stereocenters. The summed E-state index contributed by atoms with van der Waals surface area (Å²) in [6, 6.07) is 19.8. The Labute approximate surface area is 198 Å². The summed E-state index contributed by atoms with van der Waals surface area (Å²) in [6.45, 7) is 0. The van der Waals surface area contributed by atoms with Crippen molar-refractivity contribution in [2.75, 3.05) is 10.6 Å². The van der Waals surface area contributed by atoms with Gasteiger partial charge in [-0.25, -0.2) is 9.07 Å². The van der Waals surface area contributed by atoms with E-state index in [0.29, 0.717) is 16.5 Å². The lowest BCUT2D eigenvalue weighted by molar-refractivity contribution is 0.102. The Kier molecular flexibility index (Phi) is 5.58. The molecular weight excluding hydrogens is 464 g/mol. The second kappa shape index (κ2) is 8.69. The summed E-state index contributed by atoms with van der Waals surface area (Å²) in [6.07, 6.45) is 1.83. The van der Waals surface area contributed by atoms with Gasteiger partial charge in [0, 0.05) is 26.9 Å². The molecule has 1 aliphatic heterocycles. The van der Waals surface area contributed by atoms with Crippen molar-refractivity contribution in [2.24, 2.45) is 0 Å². The molecule has 2 N–H and O–H groups in total. The number of hydrogen-bond acceptors (Lipinski definition) is 4. The lowest BCUT2D eigenvalue weighted by Gasteiger charge is -2.25. The molecule has 0 radical (unpaired) electrons. The molecule has 0 bridgehead atoms. The van der Waals surface area contributed by atoms with Crippen molar-refractivity contribution in [3.63, 3.8) is 0 Å². The minimum absolute atomic E-state index is 0.0672. The standard InChI is InChI=1S/C24H16Cl2FN5O/c25-16-11-9-15(10-12-16)22(33)29-23-30-24-28-19(14-5-2-1-3-6-14)13-20(32(24)31-23)21-17(26)7-4-8-18(21)27/h1-13,20H,(H2,28,29,30,31,33)/t20-/m1/s1. The third-order valence-electron chi connectivity index (χ3n) is 5.18. The average Bonchev–Trinajstić information content (AvgIpc) is 3.22. The second-order valence-electron chi connectivity index (χ2n) is 7.32. The smallest absolute Gasteiger partial charge is 0.258 e. The number of anilines is 2. The van der Waals surface area contributed by atoms with Gasteiger partial charge in [-0.15, -0.1) is 5.10 Å². The van der Waals surface area contributed by atoms with E-state index >= 15 is 0 Å². The topological polar surface area (TPSA) is 71.8 Å². The van der Waals surface area contributed by atoms with E-state index in [0.717, 1.165) is 11.3 Å². The zero-order valence-electron chi connectivity index (χ0n) is 17.0. The molecule has 0 spiro atoms. The molecule has 1 aliphatic rings. The van der Waals surface area contributed by atoms with Crippen LogP contribution in [0.25, 0.3) is 5.70 Å². The predicted octanol–water partition coefficient (Wildman–Crippen LogP) is 6.03. The van der Waals surface area contributed by atoms with Crippen LogP contribution >= 0.6 is 23.2 Å². The number of nitrogens with one attached hydrogen (secondary N) is 2. The van der Waals surface area contributed by atoms with Gasteiger partial charge in [-0.2, -0.15) is 4.98 Å². The molecule has 5 rings (SSSR count). The van der Waals surface area contributed by atoms with E-state index in [1.807, 2.05) is 36.4 Å². The maximum absolute atomic E-state index is 14.9. The zero-order chi connectivity index (χ0) is 22.9. The van der Waals surface area contributed by atoms with Crippen molar-refractivity contribution in [1.29, 1.82) is 0 Å². The largest absolute Gasteiger partial charge is 0.324 e. The Hall–Kier alpha value is -3.68. The molecule has 33 heavy (non-hydrogen) atoms. The molecule has 0 saturated heterocycles. The highest BCUT2D eigenvalue weighted by Gasteiger charge is 2.29. The number of aromatic nitrogens is 3. The summed E-state index contributed by atoms with van der Waals surface area (Å²) in [5.74, 6) is -0.456. The number of nitrogens with zero attached hydrogens (tertiary/aromatic N) is 3. The first kappa shape index (κ1) is 21.2. The van der Waals surface area contributed by atoms with Gasteiger partial charge < -0.3 is 5.32 Å². The van der Waals surface area contributed by atoms with Crippen molar-refractivity contribution >= 4 is 46.7 Å². The minimum Gasteiger partial charge on any atom is -0.324 e. The van der Waals surface area contributed by atoms with E-state index in [4.69, 9.17) is 23.2 Å². The van der Waals surface area contributed by atoms with E-state index < -0.39 is 17.8 Å². The van der Waals surface area contributed by atoms with Crippen LogP contribution in [0.3, 0.4) is 0 Å². The molecule has 0 aliphatic carbocycles. The summed E-state index contributed by atoms with van der Waals surface area (Å²) in [5.41, 5.74) is 2.26. The number of benzene rings is 3. The first-order valence-corrected chi connectivity index (χ1v) is 10.8. The van der Waals surface area contributed by atoms with Crippen molar-refractivity contribution in [3.05, 3.63) is 111 Å². The molecule has 6 nitrogen and oxygen atoms in total. The number of allylic oxidation sites excluding steroid dienone is 1. The van der Waals surface area contributed by atoms with Crippen LogP contribution in [0.5, 0.6) is 0 Å². The van der Waals surface area contributed by atoms with Gasteiger partial charge in [0.05, 0.1) is 0 Å². The fourth-order valence-electron chi connectivity index (χ4n) is 3.61.